The zero-order chi connectivity index (χ0) is 22.3. The van der Waals surface area contributed by atoms with Gasteiger partial charge in [0.05, 0.1) is 12.8 Å². The predicted molar refractivity (Wildman–Crippen MR) is 126 cm³/mol. The van der Waals surface area contributed by atoms with Gasteiger partial charge in [0.15, 0.2) is 0 Å². The summed E-state index contributed by atoms with van der Waals surface area (Å²) in [4.78, 5) is 28.5. The number of nitrogens with zero attached hydrogens (tertiary/aromatic N) is 2. The largest absolute Gasteiger partial charge is 0.497 e. The first-order valence-corrected chi connectivity index (χ1v) is 10.7. The number of anilines is 1. The summed E-state index contributed by atoms with van der Waals surface area (Å²) in [6.45, 7) is 4.58. The average molecular weight is 434 g/mol. The van der Waals surface area contributed by atoms with E-state index in [1.54, 1.807) is 19.3 Å². The Morgan fingerprint density at radius 2 is 1.84 bits per heavy atom. The van der Waals surface area contributed by atoms with E-state index in [0.29, 0.717) is 25.2 Å². The van der Waals surface area contributed by atoms with Crippen LogP contribution in [0, 0.1) is 0 Å². The maximum absolute atomic E-state index is 12.5. The Morgan fingerprint density at radius 3 is 2.59 bits per heavy atom. The maximum atomic E-state index is 12.5. The zero-order valence-corrected chi connectivity index (χ0v) is 18.1. The first-order valence-electron chi connectivity index (χ1n) is 10.7. The minimum atomic E-state index is -0.360. The van der Waals surface area contributed by atoms with Gasteiger partial charge in [-0.25, -0.2) is 4.79 Å². The molecule has 0 radical (unpaired) electrons. The molecule has 2 aromatic carbocycles. The van der Waals surface area contributed by atoms with Gasteiger partial charge < -0.3 is 19.4 Å². The molecule has 7 heteroatoms. The Labute approximate surface area is 186 Å². The van der Waals surface area contributed by atoms with E-state index in [-0.39, 0.29) is 11.5 Å². The quantitative estimate of drug-likeness (QED) is 0.456. The lowest BCUT2D eigenvalue weighted by Gasteiger charge is -2.34. The van der Waals surface area contributed by atoms with Gasteiger partial charge in [-0.15, -0.1) is 0 Å². The fraction of sp³-hybridized carbons (Fsp3) is 0.280. The van der Waals surface area contributed by atoms with Crippen LogP contribution in [-0.4, -0.2) is 62.1 Å². The molecule has 7 nitrogen and oxygen atoms in total. The van der Waals surface area contributed by atoms with Gasteiger partial charge in [0.1, 0.15) is 11.3 Å². The number of hydrogen-bond donors (Lipinski definition) is 1. The lowest BCUT2D eigenvalue weighted by atomic mass is 10.2. The predicted octanol–water partition coefficient (Wildman–Crippen LogP) is 3.07. The van der Waals surface area contributed by atoms with Crippen molar-refractivity contribution in [3.63, 3.8) is 0 Å². The number of rotatable bonds is 7. The van der Waals surface area contributed by atoms with Gasteiger partial charge in [0, 0.05) is 56.8 Å². The molecular formula is C25H27N3O4. The standard InChI is InChI=1S/C25H27N3O4/c1-31-20-9-6-19(7-10-20)8-11-24(29)28-16-14-27(15-17-28)13-12-26-22-18-25(30)32-23-5-3-2-4-21(22)23/h2-11,18,26H,12-17H2,1H3/b11-8+. The fourth-order valence-electron chi connectivity index (χ4n) is 3.79. The first-order chi connectivity index (χ1) is 15.6. The van der Waals surface area contributed by atoms with E-state index in [2.05, 4.69) is 10.2 Å². The van der Waals surface area contributed by atoms with Crippen molar-refractivity contribution < 1.29 is 13.9 Å². The van der Waals surface area contributed by atoms with Crippen LogP contribution >= 0.6 is 0 Å². The molecule has 1 aliphatic heterocycles. The highest BCUT2D eigenvalue weighted by Gasteiger charge is 2.19. The molecule has 1 aromatic heterocycles. The molecule has 1 saturated heterocycles. The summed E-state index contributed by atoms with van der Waals surface area (Å²) in [5, 5.41) is 4.25. The van der Waals surface area contributed by atoms with Crippen LogP contribution in [0.25, 0.3) is 17.0 Å². The van der Waals surface area contributed by atoms with Crippen molar-refractivity contribution in [3.05, 3.63) is 76.7 Å². The molecule has 2 heterocycles. The van der Waals surface area contributed by atoms with Crippen LogP contribution in [0.2, 0.25) is 0 Å². The summed E-state index contributed by atoms with van der Waals surface area (Å²) in [7, 11) is 1.63. The van der Waals surface area contributed by atoms with Gasteiger partial charge in [-0.2, -0.15) is 0 Å². The number of amides is 1. The molecule has 0 spiro atoms. The average Bonchev–Trinajstić information content (AvgIpc) is 2.83. The first kappa shape index (κ1) is 21.6. The second kappa shape index (κ2) is 10.2. The Bertz CT molecular complexity index is 1150. The van der Waals surface area contributed by atoms with E-state index in [1.165, 1.54) is 6.07 Å². The SMILES string of the molecule is COc1ccc(/C=C/C(=O)N2CCN(CCNc3cc(=O)oc4ccccc34)CC2)cc1. The second-order valence-electron chi connectivity index (χ2n) is 7.68. The van der Waals surface area contributed by atoms with Crippen molar-refractivity contribution in [2.45, 2.75) is 0 Å². The lowest BCUT2D eigenvalue weighted by Crippen LogP contribution is -2.49. The molecule has 1 fully saturated rings. The minimum Gasteiger partial charge on any atom is -0.497 e. The molecule has 0 aliphatic carbocycles. The molecule has 0 atom stereocenters. The monoisotopic (exact) mass is 433 g/mol. The van der Waals surface area contributed by atoms with E-state index in [9.17, 15) is 9.59 Å². The Hall–Kier alpha value is -3.58. The third-order valence-corrected chi connectivity index (χ3v) is 5.61. The number of piperazine rings is 1. The molecule has 1 N–H and O–H groups in total. The minimum absolute atomic E-state index is 0.0288. The van der Waals surface area contributed by atoms with Crippen molar-refractivity contribution in [2.24, 2.45) is 0 Å². The van der Waals surface area contributed by atoms with E-state index >= 15 is 0 Å². The lowest BCUT2D eigenvalue weighted by molar-refractivity contribution is -0.127. The van der Waals surface area contributed by atoms with Crippen molar-refractivity contribution in [1.29, 1.82) is 0 Å². The molecule has 4 rings (SSSR count). The van der Waals surface area contributed by atoms with Crippen molar-refractivity contribution in [3.8, 4) is 5.75 Å². The van der Waals surface area contributed by atoms with Crippen LogP contribution in [0.5, 0.6) is 5.75 Å². The molecule has 166 valence electrons. The second-order valence-corrected chi connectivity index (χ2v) is 7.68. The summed E-state index contributed by atoms with van der Waals surface area (Å²) < 4.78 is 10.4. The highest BCUT2D eigenvalue weighted by molar-refractivity contribution is 5.92. The van der Waals surface area contributed by atoms with Gasteiger partial charge in [-0.3, -0.25) is 9.69 Å². The van der Waals surface area contributed by atoms with Crippen LogP contribution in [-0.2, 0) is 4.79 Å². The molecule has 32 heavy (non-hydrogen) atoms. The van der Waals surface area contributed by atoms with Crippen LogP contribution in [0.1, 0.15) is 5.56 Å². The molecule has 1 amide bonds. The number of fused-ring (bicyclic) bond motifs is 1. The van der Waals surface area contributed by atoms with Crippen LogP contribution in [0.4, 0.5) is 5.69 Å². The molecule has 0 saturated carbocycles. The smallest absolute Gasteiger partial charge is 0.338 e. The molecule has 1 aliphatic rings. The van der Waals surface area contributed by atoms with Crippen molar-refractivity contribution >= 4 is 28.6 Å². The third-order valence-electron chi connectivity index (χ3n) is 5.61. The summed E-state index contributed by atoms with van der Waals surface area (Å²) in [5.41, 5.74) is 1.97. The highest BCUT2D eigenvalue weighted by atomic mass is 16.5. The molecule has 0 unspecified atom stereocenters. The van der Waals surface area contributed by atoms with Crippen molar-refractivity contribution in [1.82, 2.24) is 9.80 Å². The number of ether oxygens (including phenoxy) is 1. The third kappa shape index (κ3) is 5.36. The number of carbonyl (C=O) groups is 1. The van der Waals surface area contributed by atoms with E-state index in [1.807, 2.05) is 53.4 Å². The molecule has 3 aromatic rings. The topological polar surface area (TPSA) is 75.0 Å². The maximum Gasteiger partial charge on any atom is 0.338 e. The normalized spacial score (nSPS) is 14.7. The number of hydrogen-bond acceptors (Lipinski definition) is 6. The van der Waals surface area contributed by atoms with Gasteiger partial charge in [0.2, 0.25) is 5.91 Å². The summed E-state index contributed by atoms with van der Waals surface area (Å²) in [6.07, 6.45) is 3.46. The zero-order valence-electron chi connectivity index (χ0n) is 18.1. The fourth-order valence-corrected chi connectivity index (χ4v) is 3.79. The summed E-state index contributed by atoms with van der Waals surface area (Å²) in [6, 6.07) is 16.6. The van der Waals surface area contributed by atoms with E-state index in [0.717, 1.165) is 42.0 Å². The molecule has 0 bridgehead atoms. The van der Waals surface area contributed by atoms with Crippen LogP contribution < -0.4 is 15.7 Å². The van der Waals surface area contributed by atoms with E-state index in [4.69, 9.17) is 9.15 Å². The number of carbonyl (C=O) groups excluding carboxylic acids is 1. The van der Waals surface area contributed by atoms with E-state index < -0.39 is 0 Å². The van der Waals surface area contributed by atoms with Gasteiger partial charge >= 0.3 is 5.63 Å². The van der Waals surface area contributed by atoms with Crippen LogP contribution in [0.3, 0.4) is 0 Å². The number of methoxy groups -OCH3 is 1. The Balaban J connectivity index is 1.24. The van der Waals surface area contributed by atoms with Crippen molar-refractivity contribution in [2.75, 3.05) is 51.7 Å². The Kier molecular flexibility index (Phi) is 6.87. The number of benzene rings is 2. The van der Waals surface area contributed by atoms with Crippen LogP contribution in [0.15, 0.2) is 69.9 Å². The number of para-hydroxylation sites is 1. The number of nitrogens with one attached hydrogen (secondary N) is 1. The summed E-state index contributed by atoms with van der Waals surface area (Å²) in [5.74, 6) is 0.823. The van der Waals surface area contributed by atoms with Gasteiger partial charge in [0.25, 0.3) is 0 Å². The van der Waals surface area contributed by atoms with Gasteiger partial charge in [-0.05, 0) is 35.9 Å². The summed E-state index contributed by atoms with van der Waals surface area (Å²) >= 11 is 0. The van der Waals surface area contributed by atoms with Gasteiger partial charge in [-0.1, -0.05) is 24.3 Å². The molecular weight excluding hydrogens is 406 g/mol. The highest BCUT2D eigenvalue weighted by Crippen LogP contribution is 2.20. The Morgan fingerprint density at radius 1 is 1.09 bits per heavy atom.